The molecule has 1 aliphatic heterocycles. The van der Waals surface area contributed by atoms with E-state index in [1.807, 2.05) is 53.4 Å². The molecule has 0 radical (unpaired) electrons. The van der Waals surface area contributed by atoms with Gasteiger partial charge in [-0.05, 0) is 24.3 Å². The Morgan fingerprint density at radius 3 is 2.80 bits per heavy atom. The number of benzene rings is 2. The molecule has 4 rings (SSSR count). The highest BCUT2D eigenvalue weighted by molar-refractivity contribution is 8.00. The average molecular weight is 368 g/mol. The normalized spacial score (nSPS) is 13.5. The molecule has 0 saturated heterocycles. The number of aromatic nitrogens is 3. The minimum absolute atomic E-state index is 0.0915. The van der Waals surface area contributed by atoms with Crippen LogP contribution in [-0.2, 0) is 4.79 Å². The first-order valence-corrected chi connectivity index (χ1v) is 9.90. The molecule has 1 aliphatic rings. The third-order valence-electron chi connectivity index (χ3n) is 3.85. The molecule has 0 bridgehead atoms. The molecule has 0 fully saturated rings. The van der Waals surface area contributed by atoms with Crippen molar-refractivity contribution in [3.8, 4) is 5.69 Å². The molecule has 0 atom stereocenters. The second-order valence-corrected chi connectivity index (χ2v) is 7.54. The minimum Gasteiger partial charge on any atom is -0.310 e. The van der Waals surface area contributed by atoms with Gasteiger partial charge in [-0.25, -0.2) is 9.67 Å². The van der Waals surface area contributed by atoms with Gasteiger partial charge in [-0.3, -0.25) is 4.79 Å². The molecule has 0 aliphatic carbocycles. The Morgan fingerprint density at radius 2 is 1.92 bits per heavy atom. The van der Waals surface area contributed by atoms with Crippen molar-refractivity contribution >= 4 is 35.1 Å². The molecule has 25 heavy (non-hydrogen) atoms. The van der Waals surface area contributed by atoms with Crippen molar-refractivity contribution in [2.24, 2.45) is 0 Å². The zero-order chi connectivity index (χ0) is 17.1. The SMILES string of the molecule is O=C(CSc1ncn(-c2ccccc2)n1)N1CCSc2ccccc21. The summed E-state index contributed by atoms with van der Waals surface area (Å²) in [6, 6.07) is 17.9. The zero-order valence-electron chi connectivity index (χ0n) is 13.4. The Bertz CT molecular complexity index is 882. The number of thioether (sulfide) groups is 2. The van der Waals surface area contributed by atoms with Crippen molar-refractivity contribution in [2.45, 2.75) is 10.1 Å². The topological polar surface area (TPSA) is 51.0 Å². The summed E-state index contributed by atoms with van der Waals surface area (Å²) in [4.78, 5) is 20.0. The van der Waals surface area contributed by atoms with E-state index < -0.39 is 0 Å². The van der Waals surface area contributed by atoms with Gasteiger partial charge in [0.1, 0.15) is 6.33 Å². The molecule has 2 aromatic carbocycles. The molecule has 3 aromatic rings. The van der Waals surface area contributed by atoms with Gasteiger partial charge in [0, 0.05) is 17.2 Å². The van der Waals surface area contributed by atoms with Crippen LogP contribution < -0.4 is 4.90 Å². The Morgan fingerprint density at radius 1 is 1.12 bits per heavy atom. The summed E-state index contributed by atoms with van der Waals surface area (Å²) in [5, 5.41) is 5.04. The highest BCUT2D eigenvalue weighted by Gasteiger charge is 2.22. The van der Waals surface area contributed by atoms with E-state index in [4.69, 9.17) is 0 Å². The van der Waals surface area contributed by atoms with Crippen molar-refractivity contribution < 1.29 is 4.79 Å². The molecule has 126 valence electrons. The fraction of sp³-hybridized carbons (Fsp3) is 0.167. The fourth-order valence-corrected chi connectivity index (χ4v) is 4.32. The van der Waals surface area contributed by atoms with Gasteiger partial charge in [-0.15, -0.1) is 16.9 Å². The maximum Gasteiger partial charge on any atom is 0.237 e. The first kappa shape index (κ1) is 16.2. The number of amides is 1. The fourth-order valence-electron chi connectivity index (χ4n) is 2.65. The third kappa shape index (κ3) is 3.57. The van der Waals surface area contributed by atoms with Crippen molar-refractivity contribution in [3.63, 3.8) is 0 Å². The molecule has 7 heteroatoms. The van der Waals surface area contributed by atoms with E-state index in [1.54, 1.807) is 22.8 Å². The van der Waals surface area contributed by atoms with E-state index in [9.17, 15) is 4.79 Å². The minimum atomic E-state index is 0.0915. The number of carbonyl (C=O) groups excluding carboxylic acids is 1. The molecule has 5 nitrogen and oxygen atoms in total. The summed E-state index contributed by atoms with van der Waals surface area (Å²) in [6.45, 7) is 0.743. The Labute approximate surface area is 154 Å². The Kier molecular flexibility index (Phi) is 4.76. The number of anilines is 1. The Hall–Kier alpha value is -2.25. The number of carbonyl (C=O) groups is 1. The summed E-state index contributed by atoms with van der Waals surface area (Å²) >= 11 is 3.17. The van der Waals surface area contributed by atoms with Gasteiger partial charge in [-0.1, -0.05) is 42.1 Å². The lowest BCUT2D eigenvalue weighted by molar-refractivity contribution is -0.116. The lowest BCUT2D eigenvalue weighted by Crippen LogP contribution is -2.36. The van der Waals surface area contributed by atoms with Crippen molar-refractivity contribution in [1.82, 2.24) is 14.8 Å². The third-order valence-corrected chi connectivity index (χ3v) is 5.73. The van der Waals surface area contributed by atoms with E-state index in [2.05, 4.69) is 16.1 Å². The summed E-state index contributed by atoms with van der Waals surface area (Å²) in [6.07, 6.45) is 1.68. The van der Waals surface area contributed by atoms with Crippen LogP contribution in [0.4, 0.5) is 5.69 Å². The highest BCUT2D eigenvalue weighted by atomic mass is 32.2. The van der Waals surface area contributed by atoms with Gasteiger partial charge in [0.05, 0.1) is 17.1 Å². The number of hydrogen-bond acceptors (Lipinski definition) is 5. The maximum absolute atomic E-state index is 12.6. The average Bonchev–Trinajstić information content (AvgIpc) is 3.15. The second kappa shape index (κ2) is 7.33. The van der Waals surface area contributed by atoms with Crippen LogP contribution in [0.3, 0.4) is 0 Å². The van der Waals surface area contributed by atoms with E-state index in [1.165, 1.54) is 16.7 Å². The summed E-state index contributed by atoms with van der Waals surface area (Å²) < 4.78 is 1.72. The quantitative estimate of drug-likeness (QED) is 0.660. The first-order chi connectivity index (χ1) is 12.3. The van der Waals surface area contributed by atoms with E-state index >= 15 is 0 Å². The van der Waals surface area contributed by atoms with Crippen molar-refractivity contribution in [1.29, 1.82) is 0 Å². The van der Waals surface area contributed by atoms with Gasteiger partial charge >= 0.3 is 0 Å². The molecular weight excluding hydrogens is 352 g/mol. The number of nitrogens with zero attached hydrogens (tertiary/aromatic N) is 4. The van der Waals surface area contributed by atoms with Crippen LogP contribution in [0.2, 0.25) is 0 Å². The van der Waals surface area contributed by atoms with E-state index in [0.717, 1.165) is 23.7 Å². The van der Waals surface area contributed by atoms with Gasteiger partial charge in [0.25, 0.3) is 0 Å². The molecule has 0 unspecified atom stereocenters. The van der Waals surface area contributed by atoms with E-state index in [-0.39, 0.29) is 5.91 Å². The van der Waals surface area contributed by atoms with Crippen LogP contribution >= 0.6 is 23.5 Å². The second-order valence-electron chi connectivity index (χ2n) is 5.46. The molecule has 0 spiro atoms. The molecular formula is C18H16N4OS2. The predicted octanol–water partition coefficient (Wildman–Crippen LogP) is 3.50. The standard InChI is InChI=1S/C18H16N4OS2/c23-17(21-10-11-24-16-9-5-4-8-15(16)21)12-25-18-19-13-22(20-18)14-6-2-1-3-7-14/h1-9,13H,10-12H2. The van der Waals surface area contributed by atoms with Crippen LogP contribution in [0.25, 0.3) is 5.69 Å². The van der Waals surface area contributed by atoms with Gasteiger partial charge in [0.15, 0.2) is 0 Å². The molecule has 1 amide bonds. The van der Waals surface area contributed by atoms with Gasteiger partial charge in [0.2, 0.25) is 11.1 Å². The van der Waals surface area contributed by atoms with Crippen LogP contribution in [0, 0.1) is 0 Å². The number of rotatable bonds is 4. The summed E-state index contributed by atoms with van der Waals surface area (Å²) in [7, 11) is 0. The van der Waals surface area contributed by atoms with Gasteiger partial charge < -0.3 is 4.90 Å². The number of fused-ring (bicyclic) bond motifs is 1. The van der Waals surface area contributed by atoms with Crippen LogP contribution in [0.1, 0.15) is 0 Å². The summed E-state index contributed by atoms with van der Waals surface area (Å²) in [5.74, 6) is 1.35. The molecule has 1 aromatic heterocycles. The van der Waals surface area contributed by atoms with Crippen LogP contribution in [-0.4, -0.2) is 38.7 Å². The number of para-hydroxylation sites is 2. The zero-order valence-corrected chi connectivity index (χ0v) is 15.0. The predicted molar refractivity (Wildman–Crippen MR) is 102 cm³/mol. The maximum atomic E-state index is 12.6. The lowest BCUT2D eigenvalue weighted by atomic mass is 10.3. The summed E-state index contributed by atoms with van der Waals surface area (Å²) in [5.41, 5.74) is 1.96. The Balaban J connectivity index is 1.42. The van der Waals surface area contributed by atoms with Gasteiger partial charge in [-0.2, -0.15) is 0 Å². The van der Waals surface area contributed by atoms with E-state index in [0.29, 0.717) is 10.9 Å². The molecule has 0 N–H and O–H groups in total. The van der Waals surface area contributed by atoms with Crippen molar-refractivity contribution in [2.75, 3.05) is 23.0 Å². The monoisotopic (exact) mass is 368 g/mol. The van der Waals surface area contributed by atoms with Crippen LogP contribution in [0.5, 0.6) is 0 Å². The number of hydrogen-bond donors (Lipinski definition) is 0. The lowest BCUT2D eigenvalue weighted by Gasteiger charge is -2.28. The highest BCUT2D eigenvalue weighted by Crippen LogP contribution is 2.34. The van der Waals surface area contributed by atoms with Crippen molar-refractivity contribution in [3.05, 3.63) is 60.9 Å². The molecule has 0 saturated carbocycles. The largest absolute Gasteiger partial charge is 0.310 e. The molecule has 2 heterocycles. The first-order valence-electron chi connectivity index (χ1n) is 7.93. The smallest absolute Gasteiger partial charge is 0.237 e. The van der Waals surface area contributed by atoms with Crippen LogP contribution in [0.15, 0.2) is 71.0 Å².